The molecule has 1 unspecified atom stereocenters. The molecule has 0 aromatic rings. The number of hydrogen-bond acceptors (Lipinski definition) is 0. The van der Waals surface area contributed by atoms with Gasteiger partial charge in [0.25, 0.3) is 0 Å². The number of hydrogen-bond donors (Lipinski definition) is 0. The van der Waals surface area contributed by atoms with E-state index in [1.807, 2.05) is 0 Å². The van der Waals surface area contributed by atoms with E-state index in [1.54, 1.807) is 11.1 Å². The summed E-state index contributed by atoms with van der Waals surface area (Å²) in [5.74, 6) is 0.630. The molecular weight excluding hydrogens is 240 g/mol. The third-order valence-corrected chi connectivity index (χ3v) is 6.69. The molecule has 0 aliphatic heterocycles. The second-order valence-electron chi connectivity index (χ2n) is 8.27. The van der Waals surface area contributed by atoms with Crippen LogP contribution in [0.3, 0.4) is 0 Å². The number of rotatable bonds is 0. The third-order valence-electron chi connectivity index (χ3n) is 6.69. The molecule has 0 nitrogen and oxygen atoms in total. The Morgan fingerprint density at radius 1 is 1.20 bits per heavy atom. The fourth-order valence-electron chi connectivity index (χ4n) is 5.13. The molecule has 0 N–H and O–H groups in total. The Balaban J connectivity index is 2.07. The van der Waals surface area contributed by atoms with Gasteiger partial charge in [0.1, 0.15) is 0 Å². The van der Waals surface area contributed by atoms with Crippen LogP contribution in [0.5, 0.6) is 0 Å². The van der Waals surface area contributed by atoms with E-state index in [0.29, 0.717) is 5.92 Å². The lowest BCUT2D eigenvalue weighted by Gasteiger charge is -2.52. The van der Waals surface area contributed by atoms with Gasteiger partial charge in [0.15, 0.2) is 0 Å². The molecule has 0 heterocycles. The highest BCUT2D eigenvalue weighted by atomic mass is 14.5. The van der Waals surface area contributed by atoms with E-state index in [-0.39, 0.29) is 29.5 Å². The molecule has 0 heteroatoms. The van der Waals surface area contributed by atoms with Crippen LogP contribution in [0.15, 0.2) is 23.3 Å². The van der Waals surface area contributed by atoms with E-state index in [2.05, 4.69) is 34.3 Å². The summed E-state index contributed by atoms with van der Waals surface area (Å²) in [6, 6.07) is 0. The van der Waals surface area contributed by atoms with Gasteiger partial charge in [0, 0.05) is 2.74 Å². The molecule has 5 atom stereocenters. The second-order valence-corrected chi connectivity index (χ2v) is 8.27. The molecule has 3 aliphatic carbocycles. The molecule has 0 spiro atoms. The molecule has 2 saturated carbocycles. The first-order valence-corrected chi connectivity index (χ1v) is 8.41. The summed E-state index contributed by atoms with van der Waals surface area (Å²) in [6.45, 7) is 13.7. The maximum atomic E-state index is 9.12. The molecule has 2 fully saturated rings. The minimum absolute atomic E-state index is 0.0935. The topological polar surface area (TPSA) is 0 Å². The highest BCUT2D eigenvalue weighted by Crippen LogP contribution is 2.58. The molecule has 2 bridgehead atoms. The van der Waals surface area contributed by atoms with Crippen LogP contribution in [0.4, 0.5) is 0 Å². The van der Waals surface area contributed by atoms with Gasteiger partial charge < -0.3 is 0 Å². The van der Waals surface area contributed by atoms with Crippen molar-refractivity contribution in [3.63, 3.8) is 0 Å². The summed E-state index contributed by atoms with van der Waals surface area (Å²) in [4.78, 5) is 0. The summed E-state index contributed by atoms with van der Waals surface area (Å²) >= 11 is 0. The van der Waals surface area contributed by atoms with Crippen LogP contribution in [0, 0.1) is 22.7 Å². The molecule has 0 aromatic heterocycles. The van der Waals surface area contributed by atoms with Crippen LogP contribution >= 0.6 is 0 Å². The first kappa shape index (κ1) is 12.1. The standard InChI is InChI=1S/C20H32/c1-14-7-6-11-20(5)12-10-17-15(2)8-9-16(13-18(14)20)19(17,3)4/h16,18H,1,6-13H2,2-5H3/t16-,18?,20-/m0/s1/i7D,13D/t7-,13-,16+,18?,20+/m1. The average molecular weight is 274 g/mol. The summed E-state index contributed by atoms with van der Waals surface area (Å²) in [6.07, 6.45) is 6.45. The molecule has 112 valence electrons. The first-order chi connectivity index (χ1) is 10.2. The molecule has 0 radical (unpaired) electrons. The van der Waals surface area contributed by atoms with E-state index in [0.717, 1.165) is 24.8 Å². The predicted octanol–water partition coefficient (Wildman–Crippen LogP) is 6.29. The third kappa shape index (κ3) is 2.11. The molecule has 0 saturated heterocycles. The smallest absolute Gasteiger partial charge is 0.0313 e. The van der Waals surface area contributed by atoms with Gasteiger partial charge >= 0.3 is 0 Å². The van der Waals surface area contributed by atoms with Crippen LogP contribution in [-0.2, 0) is 0 Å². The van der Waals surface area contributed by atoms with Crippen molar-refractivity contribution in [1.29, 1.82) is 0 Å². The van der Waals surface area contributed by atoms with E-state index in [9.17, 15) is 0 Å². The van der Waals surface area contributed by atoms with Gasteiger partial charge in [0.05, 0.1) is 0 Å². The zero-order valence-electron chi connectivity index (χ0n) is 15.8. The Bertz CT molecular complexity index is 516. The van der Waals surface area contributed by atoms with Crippen molar-refractivity contribution < 1.29 is 2.74 Å². The fourth-order valence-corrected chi connectivity index (χ4v) is 5.13. The second kappa shape index (κ2) is 4.75. The highest BCUT2D eigenvalue weighted by Gasteiger charge is 2.46. The van der Waals surface area contributed by atoms with Crippen LogP contribution in [0.2, 0.25) is 0 Å². The lowest BCUT2D eigenvalue weighted by molar-refractivity contribution is 0.0696. The normalized spacial score (nSPS) is 49.7. The minimum atomic E-state index is -0.145. The number of allylic oxidation sites excluding steroid dienone is 3. The maximum absolute atomic E-state index is 9.12. The van der Waals surface area contributed by atoms with E-state index >= 15 is 0 Å². The molecule has 3 aliphatic rings. The monoisotopic (exact) mass is 274 g/mol. The SMILES string of the molecule is [2H][C@@H]1CC[C@@]2(C)CCC3=C(C)CC[C@@H]([C@@H]([2H])C2C1=C)C3(C)C. The zero-order valence-corrected chi connectivity index (χ0v) is 13.8. The Hall–Kier alpha value is -0.520. The van der Waals surface area contributed by atoms with Gasteiger partial charge in [-0.05, 0) is 80.9 Å². The quantitative estimate of drug-likeness (QED) is 0.456. The van der Waals surface area contributed by atoms with Gasteiger partial charge in [0.2, 0.25) is 0 Å². The molecule has 3 rings (SSSR count). The summed E-state index contributed by atoms with van der Waals surface area (Å²) in [7, 11) is 0. The van der Waals surface area contributed by atoms with E-state index in [4.69, 9.17) is 2.74 Å². The fraction of sp³-hybridized carbons (Fsp3) is 0.800. The van der Waals surface area contributed by atoms with Gasteiger partial charge in [-0.25, -0.2) is 0 Å². The Morgan fingerprint density at radius 2 is 1.95 bits per heavy atom. The van der Waals surface area contributed by atoms with Crippen LogP contribution in [0.1, 0.15) is 81.8 Å². The summed E-state index contributed by atoms with van der Waals surface area (Å²) < 4.78 is 17.4. The maximum Gasteiger partial charge on any atom is 0.0313 e. The first-order valence-electron chi connectivity index (χ1n) is 9.56. The lowest BCUT2D eigenvalue weighted by atomic mass is 9.53. The Labute approximate surface area is 128 Å². The van der Waals surface area contributed by atoms with Crippen molar-refractivity contribution in [2.75, 3.05) is 0 Å². The van der Waals surface area contributed by atoms with Crippen molar-refractivity contribution >= 4 is 0 Å². The van der Waals surface area contributed by atoms with E-state index in [1.165, 1.54) is 19.3 Å². The van der Waals surface area contributed by atoms with E-state index < -0.39 is 0 Å². The molecule has 0 aromatic carbocycles. The van der Waals surface area contributed by atoms with Crippen molar-refractivity contribution in [2.45, 2.75) is 79.0 Å². The Kier molecular flexibility index (Phi) is 2.87. The van der Waals surface area contributed by atoms with Crippen molar-refractivity contribution in [2.24, 2.45) is 22.7 Å². The van der Waals surface area contributed by atoms with Gasteiger partial charge in [-0.1, -0.05) is 44.1 Å². The predicted molar refractivity (Wildman–Crippen MR) is 87.6 cm³/mol. The minimum Gasteiger partial charge on any atom is -0.0996 e. The van der Waals surface area contributed by atoms with Crippen molar-refractivity contribution in [1.82, 2.24) is 0 Å². The largest absolute Gasteiger partial charge is 0.0996 e. The summed E-state index contributed by atoms with van der Waals surface area (Å²) in [5.41, 5.74) is 4.60. The van der Waals surface area contributed by atoms with Gasteiger partial charge in [-0.15, -0.1) is 0 Å². The average Bonchev–Trinajstić information content (AvgIpc) is 2.42. The number of fused-ring (bicyclic) bond motifs is 3. The van der Waals surface area contributed by atoms with Crippen molar-refractivity contribution in [3.8, 4) is 0 Å². The van der Waals surface area contributed by atoms with Crippen LogP contribution in [-0.4, -0.2) is 0 Å². The summed E-state index contributed by atoms with van der Waals surface area (Å²) in [5, 5.41) is 0. The van der Waals surface area contributed by atoms with Crippen LogP contribution < -0.4 is 0 Å². The highest BCUT2D eigenvalue weighted by molar-refractivity contribution is 5.27. The Morgan fingerprint density at radius 3 is 2.70 bits per heavy atom. The zero-order chi connectivity index (χ0) is 16.3. The molecular formula is C20H32. The van der Waals surface area contributed by atoms with Crippen LogP contribution in [0.25, 0.3) is 0 Å². The van der Waals surface area contributed by atoms with Gasteiger partial charge in [-0.3, -0.25) is 0 Å². The molecule has 0 amide bonds. The molecule has 20 heavy (non-hydrogen) atoms. The van der Waals surface area contributed by atoms with Gasteiger partial charge in [-0.2, -0.15) is 0 Å². The lowest BCUT2D eigenvalue weighted by Crippen LogP contribution is -2.41. The van der Waals surface area contributed by atoms with Crippen molar-refractivity contribution in [3.05, 3.63) is 23.3 Å².